The summed E-state index contributed by atoms with van der Waals surface area (Å²) in [7, 11) is 0. The maximum absolute atomic E-state index is 10.4. The molecule has 7 nitrogen and oxygen atoms in total. The van der Waals surface area contributed by atoms with Crippen LogP contribution in [0.25, 0.3) is 12.2 Å². The Morgan fingerprint density at radius 1 is 1.31 bits per heavy atom. The van der Waals surface area contributed by atoms with E-state index < -0.39 is 4.92 Å². The molecule has 0 aliphatic rings. The SMILES string of the molecule is Nc1ccc(/C=C/c2cnc([N+](=O)[O-])[nH]2)[nH]1. The van der Waals surface area contributed by atoms with Crippen molar-refractivity contribution in [2.75, 3.05) is 5.73 Å². The van der Waals surface area contributed by atoms with Crippen molar-refractivity contribution in [1.82, 2.24) is 15.0 Å². The van der Waals surface area contributed by atoms with Crippen LogP contribution in [0.4, 0.5) is 11.8 Å². The number of H-pyrrole nitrogens is 2. The number of imidazole rings is 1. The predicted octanol–water partition coefficient (Wildman–Crippen LogP) is 1.40. The Morgan fingerprint density at radius 3 is 2.62 bits per heavy atom. The molecule has 7 heteroatoms. The predicted molar refractivity (Wildman–Crippen MR) is 59.4 cm³/mol. The maximum atomic E-state index is 10.4. The second kappa shape index (κ2) is 3.89. The molecule has 0 fully saturated rings. The van der Waals surface area contributed by atoms with Gasteiger partial charge in [0.25, 0.3) is 0 Å². The molecule has 0 bridgehead atoms. The van der Waals surface area contributed by atoms with Crippen LogP contribution in [0, 0.1) is 10.1 Å². The lowest BCUT2D eigenvalue weighted by Gasteiger charge is -1.86. The van der Waals surface area contributed by atoms with E-state index in [0.717, 1.165) is 5.69 Å². The van der Waals surface area contributed by atoms with E-state index in [1.54, 1.807) is 24.3 Å². The van der Waals surface area contributed by atoms with Crippen molar-refractivity contribution in [1.29, 1.82) is 0 Å². The largest absolute Gasteiger partial charge is 0.432 e. The van der Waals surface area contributed by atoms with Gasteiger partial charge in [-0.2, -0.15) is 0 Å². The number of nitro groups is 1. The van der Waals surface area contributed by atoms with Crippen LogP contribution in [0.5, 0.6) is 0 Å². The van der Waals surface area contributed by atoms with Crippen molar-refractivity contribution in [2.45, 2.75) is 0 Å². The first kappa shape index (κ1) is 9.97. The molecule has 2 heterocycles. The molecule has 0 saturated heterocycles. The first-order valence-corrected chi connectivity index (χ1v) is 4.47. The van der Waals surface area contributed by atoms with Gasteiger partial charge in [-0.25, -0.2) is 4.98 Å². The third kappa shape index (κ3) is 2.08. The second-order valence-corrected chi connectivity index (χ2v) is 3.12. The molecule has 0 aromatic carbocycles. The molecule has 2 rings (SSSR count). The number of nitrogens with one attached hydrogen (secondary N) is 2. The van der Waals surface area contributed by atoms with Crippen molar-refractivity contribution >= 4 is 23.9 Å². The maximum Gasteiger partial charge on any atom is 0.432 e. The Bertz CT molecular complexity index is 540. The summed E-state index contributed by atoms with van der Waals surface area (Å²) in [5.74, 6) is 0.292. The zero-order valence-electron chi connectivity index (χ0n) is 8.18. The fourth-order valence-electron chi connectivity index (χ4n) is 1.21. The van der Waals surface area contributed by atoms with Gasteiger partial charge in [-0.3, -0.25) is 0 Å². The lowest BCUT2D eigenvalue weighted by atomic mass is 10.3. The second-order valence-electron chi connectivity index (χ2n) is 3.12. The Labute approximate surface area is 90.2 Å². The van der Waals surface area contributed by atoms with E-state index in [1.165, 1.54) is 6.20 Å². The summed E-state index contributed by atoms with van der Waals surface area (Å²) in [6.07, 6.45) is 4.81. The highest BCUT2D eigenvalue weighted by atomic mass is 16.6. The fraction of sp³-hybridized carbons (Fsp3) is 0. The summed E-state index contributed by atoms with van der Waals surface area (Å²) in [6.45, 7) is 0. The van der Waals surface area contributed by atoms with Gasteiger partial charge in [0.15, 0.2) is 0 Å². The van der Waals surface area contributed by atoms with Gasteiger partial charge < -0.3 is 20.8 Å². The van der Waals surface area contributed by atoms with Crippen LogP contribution < -0.4 is 5.73 Å². The van der Waals surface area contributed by atoms with Crippen LogP contribution in [0.2, 0.25) is 0 Å². The quantitative estimate of drug-likeness (QED) is 0.534. The first-order chi connectivity index (χ1) is 7.65. The first-order valence-electron chi connectivity index (χ1n) is 4.47. The van der Waals surface area contributed by atoms with Gasteiger partial charge in [0.05, 0.1) is 0 Å². The van der Waals surface area contributed by atoms with Crippen LogP contribution in [0.15, 0.2) is 18.3 Å². The Balaban J connectivity index is 2.14. The summed E-state index contributed by atoms with van der Waals surface area (Å²) in [5.41, 5.74) is 6.86. The van der Waals surface area contributed by atoms with Crippen LogP contribution >= 0.6 is 0 Å². The average Bonchev–Trinajstić information content (AvgIpc) is 2.83. The van der Waals surface area contributed by atoms with E-state index in [-0.39, 0.29) is 5.95 Å². The topological polar surface area (TPSA) is 114 Å². The van der Waals surface area contributed by atoms with E-state index in [2.05, 4.69) is 15.0 Å². The van der Waals surface area contributed by atoms with Gasteiger partial charge in [0.1, 0.15) is 17.7 Å². The third-order valence-corrected chi connectivity index (χ3v) is 1.93. The van der Waals surface area contributed by atoms with Crippen molar-refractivity contribution in [3.8, 4) is 0 Å². The monoisotopic (exact) mass is 219 g/mol. The minimum absolute atomic E-state index is 0.273. The van der Waals surface area contributed by atoms with Crippen molar-refractivity contribution in [3.05, 3.63) is 39.8 Å². The van der Waals surface area contributed by atoms with Gasteiger partial charge in [-0.1, -0.05) is 4.98 Å². The summed E-state index contributed by atoms with van der Waals surface area (Å²) < 4.78 is 0. The molecule has 0 saturated carbocycles. The van der Waals surface area contributed by atoms with Gasteiger partial charge in [-0.05, 0) is 29.2 Å². The number of aromatic amines is 2. The fourth-order valence-corrected chi connectivity index (χ4v) is 1.21. The number of nitrogens with two attached hydrogens (primary N) is 1. The summed E-state index contributed by atoms with van der Waals surface area (Å²) in [4.78, 5) is 18.8. The standard InChI is InChI=1S/C9H9N5O2/c10-8-4-3-6(12-8)1-2-7-5-11-9(13-7)14(15)16/h1-5,12H,10H2,(H,11,13)/b2-1+. The van der Waals surface area contributed by atoms with Crippen molar-refractivity contribution in [2.24, 2.45) is 0 Å². The molecule has 0 aliphatic carbocycles. The molecule has 2 aromatic rings. The van der Waals surface area contributed by atoms with E-state index in [9.17, 15) is 10.1 Å². The van der Waals surface area contributed by atoms with Crippen LogP contribution in [-0.4, -0.2) is 19.9 Å². The Kier molecular flexibility index (Phi) is 2.42. The Morgan fingerprint density at radius 2 is 2.06 bits per heavy atom. The lowest BCUT2D eigenvalue weighted by molar-refractivity contribution is -0.393. The third-order valence-electron chi connectivity index (χ3n) is 1.93. The molecule has 82 valence electrons. The number of hydrogen-bond donors (Lipinski definition) is 3. The van der Waals surface area contributed by atoms with E-state index in [4.69, 9.17) is 5.73 Å². The number of hydrogen-bond acceptors (Lipinski definition) is 4. The molecule has 0 atom stereocenters. The highest BCUT2D eigenvalue weighted by Gasteiger charge is 2.08. The van der Waals surface area contributed by atoms with Crippen LogP contribution in [-0.2, 0) is 0 Å². The van der Waals surface area contributed by atoms with Gasteiger partial charge in [0.2, 0.25) is 0 Å². The van der Waals surface area contributed by atoms with Crippen LogP contribution in [0.3, 0.4) is 0 Å². The normalized spacial score (nSPS) is 11.0. The molecular formula is C9H9N5O2. The molecule has 0 amide bonds. The van der Waals surface area contributed by atoms with E-state index in [0.29, 0.717) is 11.5 Å². The average molecular weight is 219 g/mol. The summed E-state index contributed by atoms with van der Waals surface area (Å²) in [5, 5.41) is 10.4. The molecule has 16 heavy (non-hydrogen) atoms. The number of nitrogen functional groups attached to an aromatic ring is 1. The summed E-state index contributed by atoms with van der Waals surface area (Å²) in [6, 6.07) is 3.53. The highest BCUT2D eigenvalue weighted by Crippen LogP contribution is 2.10. The Hall–Kier alpha value is -2.57. The van der Waals surface area contributed by atoms with Crippen molar-refractivity contribution in [3.63, 3.8) is 0 Å². The van der Waals surface area contributed by atoms with Crippen molar-refractivity contribution < 1.29 is 4.92 Å². The van der Waals surface area contributed by atoms with Gasteiger partial charge in [0, 0.05) is 5.69 Å². The minimum atomic E-state index is -0.579. The summed E-state index contributed by atoms with van der Waals surface area (Å²) >= 11 is 0. The number of nitrogens with zero attached hydrogens (tertiary/aromatic N) is 2. The smallest absolute Gasteiger partial charge is 0.390 e. The minimum Gasteiger partial charge on any atom is -0.390 e. The molecule has 0 aliphatic heterocycles. The zero-order chi connectivity index (χ0) is 11.5. The van der Waals surface area contributed by atoms with E-state index >= 15 is 0 Å². The highest BCUT2D eigenvalue weighted by molar-refractivity contribution is 5.67. The molecule has 4 N–H and O–H groups in total. The molecule has 2 aromatic heterocycles. The zero-order valence-corrected chi connectivity index (χ0v) is 8.18. The van der Waals surface area contributed by atoms with Gasteiger partial charge >= 0.3 is 5.95 Å². The van der Waals surface area contributed by atoms with Crippen LogP contribution in [0.1, 0.15) is 11.4 Å². The number of rotatable bonds is 3. The number of aromatic nitrogens is 3. The molecule has 0 unspecified atom stereocenters. The number of anilines is 1. The molecule has 0 spiro atoms. The molecular weight excluding hydrogens is 210 g/mol. The molecule has 0 radical (unpaired) electrons. The van der Waals surface area contributed by atoms with E-state index in [1.807, 2.05) is 0 Å². The lowest BCUT2D eigenvalue weighted by Crippen LogP contribution is -1.88. The van der Waals surface area contributed by atoms with Gasteiger partial charge in [-0.15, -0.1) is 0 Å².